The smallest absolute Gasteiger partial charge is 0.195 e. The topological polar surface area (TPSA) is 48.2 Å². The third kappa shape index (κ3) is 1.74. The van der Waals surface area contributed by atoms with Crippen LogP contribution >= 0.6 is 0 Å². The van der Waals surface area contributed by atoms with Crippen molar-refractivity contribution in [3.63, 3.8) is 0 Å². The van der Waals surface area contributed by atoms with Gasteiger partial charge in [0.15, 0.2) is 17.3 Å². The number of furan rings is 1. The van der Waals surface area contributed by atoms with E-state index >= 15 is 0 Å². The van der Waals surface area contributed by atoms with Crippen LogP contribution in [0.5, 0.6) is 5.75 Å². The molecule has 0 amide bonds. The van der Waals surface area contributed by atoms with Crippen molar-refractivity contribution in [1.29, 1.82) is 0 Å². The van der Waals surface area contributed by atoms with Crippen LogP contribution in [0.4, 0.5) is 0 Å². The van der Waals surface area contributed by atoms with E-state index in [-0.39, 0.29) is 0 Å². The summed E-state index contributed by atoms with van der Waals surface area (Å²) in [4.78, 5) is 8.22. The van der Waals surface area contributed by atoms with Gasteiger partial charge in [-0.05, 0) is 19.1 Å². The molecule has 0 spiro atoms. The highest BCUT2D eigenvalue weighted by molar-refractivity contribution is 5.45. The average Bonchev–Trinajstić information content (AvgIpc) is 2.72. The summed E-state index contributed by atoms with van der Waals surface area (Å²) in [6.07, 6.45) is 4.86. The lowest BCUT2D eigenvalue weighted by Crippen LogP contribution is -1.94. The Morgan fingerprint density at radius 2 is 2.14 bits per heavy atom. The third-order valence-electron chi connectivity index (χ3n) is 1.68. The van der Waals surface area contributed by atoms with Crippen LogP contribution in [-0.4, -0.2) is 16.6 Å². The minimum atomic E-state index is 0.568. The number of rotatable bonds is 3. The molecule has 0 unspecified atom stereocenters. The molecule has 0 bridgehead atoms. The second kappa shape index (κ2) is 3.91. The number of hydrogen-bond acceptors (Lipinski definition) is 4. The van der Waals surface area contributed by atoms with E-state index in [9.17, 15) is 0 Å². The predicted octanol–water partition coefficient (Wildman–Crippen LogP) is 2.14. The highest BCUT2D eigenvalue weighted by atomic mass is 16.5. The van der Waals surface area contributed by atoms with E-state index in [1.165, 1.54) is 0 Å². The molecule has 72 valence electrons. The van der Waals surface area contributed by atoms with Gasteiger partial charge in [0.25, 0.3) is 0 Å². The maximum atomic E-state index is 5.22. The molecule has 14 heavy (non-hydrogen) atoms. The first-order valence-corrected chi connectivity index (χ1v) is 4.39. The van der Waals surface area contributed by atoms with E-state index in [0.717, 1.165) is 0 Å². The molecule has 0 aliphatic rings. The van der Waals surface area contributed by atoms with Crippen LogP contribution in [0.1, 0.15) is 6.92 Å². The van der Waals surface area contributed by atoms with Crippen LogP contribution in [0.25, 0.3) is 11.6 Å². The zero-order valence-electron chi connectivity index (χ0n) is 7.80. The van der Waals surface area contributed by atoms with Crippen LogP contribution in [0, 0.1) is 0 Å². The molecule has 2 aromatic heterocycles. The van der Waals surface area contributed by atoms with E-state index in [1.54, 1.807) is 24.7 Å². The lowest BCUT2D eigenvalue weighted by Gasteiger charge is -2.01. The minimum absolute atomic E-state index is 0.568. The molecule has 2 heterocycles. The molecule has 0 aliphatic carbocycles. The first-order valence-electron chi connectivity index (χ1n) is 4.39. The van der Waals surface area contributed by atoms with E-state index in [2.05, 4.69) is 9.97 Å². The summed E-state index contributed by atoms with van der Waals surface area (Å²) < 4.78 is 10.4. The maximum Gasteiger partial charge on any atom is 0.195 e. The van der Waals surface area contributed by atoms with Crippen molar-refractivity contribution in [2.75, 3.05) is 6.61 Å². The molecule has 4 heteroatoms. The van der Waals surface area contributed by atoms with Gasteiger partial charge in [-0.15, -0.1) is 0 Å². The number of aromatic nitrogens is 2. The summed E-state index contributed by atoms with van der Waals surface area (Å²) in [5.41, 5.74) is 0. The third-order valence-corrected chi connectivity index (χ3v) is 1.68. The Kier molecular flexibility index (Phi) is 2.44. The predicted molar refractivity (Wildman–Crippen MR) is 50.9 cm³/mol. The first kappa shape index (κ1) is 8.74. The minimum Gasteiger partial charge on any atom is -0.491 e. The van der Waals surface area contributed by atoms with E-state index in [0.29, 0.717) is 23.9 Å². The second-order valence-corrected chi connectivity index (χ2v) is 2.65. The molecule has 0 radical (unpaired) electrons. The van der Waals surface area contributed by atoms with Gasteiger partial charge in [-0.2, -0.15) is 0 Å². The molecule has 0 saturated carbocycles. The summed E-state index contributed by atoms with van der Waals surface area (Å²) in [6, 6.07) is 3.62. The first-order chi connectivity index (χ1) is 6.90. The fourth-order valence-corrected chi connectivity index (χ4v) is 1.09. The Labute approximate surface area is 81.6 Å². The van der Waals surface area contributed by atoms with Crippen LogP contribution in [0.2, 0.25) is 0 Å². The molecule has 0 aliphatic heterocycles. The molecule has 0 aromatic carbocycles. The molecule has 0 saturated heterocycles. The Bertz CT molecular complexity index is 381. The number of hydrogen-bond donors (Lipinski definition) is 0. The van der Waals surface area contributed by atoms with Crippen molar-refractivity contribution < 1.29 is 9.15 Å². The van der Waals surface area contributed by atoms with Crippen molar-refractivity contribution >= 4 is 0 Å². The summed E-state index contributed by atoms with van der Waals surface area (Å²) in [5, 5.41) is 0. The van der Waals surface area contributed by atoms with Crippen molar-refractivity contribution in [1.82, 2.24) is 9.97 Å². The summed E-state index contributed by atoms with van der Waals surface area (Å²) >= 11 is 0. The molecule has 4 nitrogen and oxygen atoms in total. The molecular formula is C10H10N2O2. The molecule has 0 atom stereocenters. The van der Waals surface area contributed by atoms with Crippen molar-refractivity contribution in [2.24, 2.45) is 0 Å². The van der Waals surface area contributed by atoms with Gasteiger partial charge in [-0.25, -0.2) is 9.97 Å². The highest BCUT2D eigenvalue weighted by Gasteiger charge is 2.03. The largest absolute Gasteiger partial charge is 0.491 e. The van der Waals surface area contributed by atoms with E-state index in [1.807, 2.05) is 13.0 Å². The van der Waals surface area contributed by atoms with Crippen LogP contribution < -0.4 is 4.74 Å². The second-order valence-electron chi connectivity index (χ2n) is 2.65. The van der Waals surface area contributed by atoms with Crippen molar-refractivity contribution in [2.45, 2.75) is 6.92 Å². The number of nitrogens with zero attached hydrogens (tertiary/aromatic N) is 2. The summed E-state index contributed by atoms with van der Waals surface area (Å²) in [6.45, 7) is 2.53. The average molecular weight is 190 g/mol. The van der Waals surface area contributed by atoms with Gasteiger partial charge in [0.05, 0.1) is 25.3 Å². The SMILES string of the molecule is CCOc1cnc(-c2ccco2)nc1. The van der Waals surface area contributed by atoms with Crippen molar-refractivity contribution in [3.8, 4) is 17.3 Å². The Hall–Kier alpha value is -1.84. The normalized spacial score (nSPS) is 10.1. The Balaban J connectivity index is 2.22. The van der Waals surface area contributed by atoms with Crippen LogP contribution in [0.15, 0.2) is 35.2 Å². The van der Waals surface area contributed by atoms with Crippen molar-refractivity contribution in [3.05, 3.63) is 30.8 Å². The standard InChI is InChI=1S/C10H10N2O2/c1-2-13-8-6-11-10(12-7-8)9-4-3-5-14-9/h3-7H,2H2,1H3. The van der Waals surface area contributed by atoms with Gasteiger partial charge in [-0.3, -0.25) is 0 Å². The van der Waals surface area contributed by atoms with Gasteiger partial charge in [-0.1, -0.05) is 0 Å². The lowest BCUT2D eigenvalue weighted by atomic mass is 10.4. The highest BCUT2D eigenvalue weighted by Crippen LogP contribution is 2.16. The Morgan fingerprint density at radius 3 is 2.71 bits per heavy atom. The summed E-state index contributed by atoms with van der Waals surface area (Å²) in [7, 11) is 0. The lowest BCUT2D eigenvalue weighted by molar-refractivity contribution is 0.337. The fourth-order valence-electron chi connectivity index (χ4n) is 1.09. The van der Waals surface area contributed by atoms with Crippen LogP contribution in [-0.2, 0) is 0 Å². The Morgan fingerprint density at radius 1 is 1.36 bits per heavy atom. The van der Waals surface area contributed by atoms with Crippen LogP contribution in [0.3, 0.4) is 0 Å². The molecule has 0 fully saturated rings. The zero-order chi connectivity index (χ0) is 9.80. The molecule has 2 aromatic rings. The number of ether oxygens (including phenoxy) is 1. The van der Waals surface area contributed by atoms with E-state index < -0.39 is 0 Å². The molecular weight excluding hydrogens is 180 g/mol. The quantitative estimate of drug-likeness (QED) is 0.743. The van der Waals surface area contributed by atoms with E-state index in [4.69, 9.17) is 9.15 Å². The summed E-state index contributed by atoms with van der Waals surface area (Å²) in [5.74, 6) is 1.90. The van der Waals surface area contributed by atoms with Gasteiger partial charge < -0.3 is 9.15 Å². The van der Waals surface area contributed by atoms with Gasteiger partial charge in [0, 0.05) is 0 Å². The molecule has 0 N–H and O–H groups in total. The van der Waals surface area contributed by atoms with Gasteiger partial charge >= 0.3 is 0 Å². The van der Waals surface area contributed by atoms with Gasteiger partial charge in [0.1, 0.15) is 0 Å². The molecule has 2 rings (SSSR count). The monoisotopic (exact) mass is 190 g/mol. The van der Waals surface area contributed by atoms with Gasteiger partial charge in [0.2, 0.25) is 0 Å². The maximum absolute atomic E-state index is 5.22. The fraction of sp³-hybridized carbons (Fsp3) is 0.200. The zero-order valence-corrected chi connectivity index (χ0v) is 7.80.